The molecule has 0 radical (unpaired) electrons. The summed E-state index contributed by atoms with van der Waals surface area (Å²) in [6.45, 7) is 4.12. The van der Waals surface area contributed by atoms with E-state index in [9.17, 15) is 9.59 Å². The highest BCUT2D eigenvalue weighted by molar-refractivity contribution is 5.91. The van der Waals surface area contributed by atoms with E-state index < -0.39 is 6.09 Å². The Hall–Kier alpha value is -3.68. The Morgan fingerprint density at radius 3 is 2.29 bits per heavy atom. The number of hydrogen-bond donors (Lipinski definition) is 2. The minimum absolute atomic E-state index is 0.0909. The molecular weight excluding hydrogens is 512 g/mol. The number of carbonyl (C=O) groups is 2. The number of ether oxygens (including phenoxy) is 1. The maximum atomic E-state index is 12.6. The number of nitrogens with one attached hydrogen (secondary N) is 2. The van der Waals surface area contributed by atoms with Gasteiger partial charge in [0.15, 0.2) is 0 Å². The van der Waals surface area contributed by atoms with Gasteiger partial charge in [0.05, 0.1) is 5.69 Å². The second-order valence-corrected chi connectivity index (χ2v) is 11.3. The molecule has 0 aromatic heterocycles. The van der Waals surface area contributed by atoms with Gasteiger partial charge >= 0.3 is 6.09 Å². The predicted octanol–water partition coefficient (Wildman–Crippen LogP) is 5.71. The summed E-state index contributed by atoms with van der Waals surface area (Å²) in [5.41, 5.74) is 5.28. The number of amides is 2. The van der Waals surface area contributed by atoms with Crippen LogP contribution in [-0.2, 0) is 22.5 Å². The highest BCUT2D eigenvalue weighted by atomic mass is 16.6. The lowest BCUT2D eigenvalue weighted by atomic mass is 10.0. The first-order chi connectivity index (χ1) is 20.0. The van der Waals surface area contributed by atoms with Crippen LogP contribution in [0.1, 0.15) is 43.2 Å². The number of carbonyl (C=O) groups excluding carboxylic acids is 2. The Morgan fingerprint density at radius 1 is 0.878 bits per heavy atom. The number of likely N-dealkylation sites (tertiary alicyclic amines) is 1. The quantitative estimate of drug-likeness (QED) is 0.300. The van der Waals surface area contributed by atoms with E-state index in [0.717, 1.165) is 68.3 Å². The van der Waals surface area contributed by atoms with E-state index in [1.165, 1.54) is 24.0 Å². The molecule has 0 unspecified atom stereocenters. The van der Waals surface area contributed by atoms with Crippen molar-refractivity contribution >= 4 is 17.7 Å². The fraction of sp³-hybridized carbons (Fsp3) is 0.412. The molecule has 0 bridgehead atoms. The van der Waals surface area contributed by atoms with E-state index in [2.05, 4.69) is 51.7 Å². The van der Waals surface area contributed by atoms with E-state index in [1.807, 2.05) is 54.6 Å². The number of hydrogen-bond acceptors (Lipinski definition) is 5. The highest BCUT2D eigenvalue weighted by Crippen LogP contribution is 2.28. The van der Waals surface area contributed by atoms with E-state index in [0.29, 0.717) is 13.0 Å². The first-order valence-electron chi connectivity index (χ1n) is 14.9. The first kappa shape index (κ1) is 28.8. The number of para-hydroxylation sites is 1. The van der Waals surface area contributed by atoms with Gasteiger partial charge in [0, 0.05) is 50.7 Å². The van der Waals surface area contributed by atoms with Crippen LogP contribution in [0.5, 0.6) is 0 Å². The second-order valence-electron chi connectivity index (χ2n) is 11.3. The highest BCUT2D eigenvalue weighted by Gasteiger charge is 2.26. The molecular formula is C34H42N4O3. The van der Waals surface area contributed by atoms with Crippen molar-refractivity contribution in [3.8, 4) is 11.1 Å². The number of anilines is 1. The van der Waals surface area contributed by atoms with Crippen molar-refractivity contribution in [3.63, 3.8) is 0 Å². The van der Waals surface area contributed by atoms with Gasteiger partial charge in [-0.3, -0.25) is 15.0 Å². The van der Waals surface area contributed by atoms with Crippen LogP contribution in [0.3, 0.4) is 0 Å². The normalized spacial score (nSPS) is 16.0. The van der Waals surface area contributed by atoms with Crippen molar-refractivity contribution in [2.45, 2.75) is 57.2 Å². The summed E-state index contributed by atoms with van der Waals surface area (Å²) in [6, 6.07) is 27.2. The molecule has 3 aromatic carbocycles. The molecule has 1 aliphatic heterocycles. The number of piperidine rings is 1. The zero-order valence-corrected chi connectivity index (χ0v) is 24.1. The number of rotatable bonds is 12. The van der Waals surface area contributed by atoms with Crippen molar-refractivity contribution in [2.75, 3.05) is 38.5 Å². The maximum Gasteiger partial charge on any atom is 0.411 e. The van der Waals surface area contributed by atoms with Crippen LogP contribution >= 0.6 is 0 Å². The van der Waals surface area contributed by atoms with Crippen molar-refractivity contribution in [1.29, 1.82) is 0 Å². The molecule has 0 atom stereocenters. The lowest BCUT2D eigenvalue weighted by molar-refractivity contribution is -0.121. The number of aryl methyl sites for hydroxylation is 1. The summed E-state index contributed by atoms with van der Waals surface area (Å²) < 4.78 is 5.74. The van der Waals surface area contributed by atoms with Gasteiger partial charge < -0.3 is 15.0 Å². The third-order valence-corrected chi connectivity index (χ3v) is 8.07. The lowest BCUT2D eigenvalue weighted by Gasteiger charge is -2.31. The monoisotopic (exact) mass is 554 g/mol. The predicted molar refractivity (Wildman–Crippen MR) is 164 cm³/mol. The third-order valence-electron chi connectivity index (χ3n) is 8.07. The Bertz CT molecular complexity index is 1270. The molecule has 3 aromatic rings. The molecule has 5 rings (SSSR count). The van der Waals surface area contributed by atoms with Gasteiger partial charge in [-0.2, -0.15) is 0 Å². The van der Waals surface area contributed by atoms with Crippen LogP contribution in [-0.4, -0.2) is 67.2 Å². The van der Waals surface area contributed by atoms with Crippen LogP contribution in [0.2, 0.25) is 0 Å². The van der Waals surface area contributed by atoms with Crippen LogP contribution in [0.15, 0.2) is 78.9 Å². The molecule has 216 valence electrons. The second kappa shape index (κ2) is 14.3. The van der Waals surface area contributed by atoms with E-state index in [1.54, 1.807) is 0 Å². The van der Waals surface area contributed by atoms with Crippen LogP contribution in [0.25, 0.3) is 11.1 Å². The molecule has 1 aliphatic carbocycles. The summed E-state index contributed by atoms with van der Waals surface area (Å²) in [5.74, 6) is 0.0909. The molecule has 1 saturated heterocycles. The molecule has 41 heavy (non-hydrogen) atoms. The molecule has 2 aliphatic rings. The van der Waals surface area contributed by atoms with E-state index in [-0.39, 0.29) is 12.0 Å². The Kier molecular flexibility index (Phi) is 10.0. The molecule has 1 saturated carbocycles. The fourth-order valence-corrected chi connectivity index (χ4v) is 5.45. The largest absolute Gasteiger partial charge is 0.446 e. The smallest absolute Gasteiger partial charge is 0.411 e. The van der Waals surface area contributed by atoms with Gasteiger partial charge in [0.1, 0.15) is 6.10 Å². The van der Waals surface area contributed by atoms with E-state index >= 15 is 0 Å². The Labute approximate surface area is 243 Å². The minimum atomic E-state index is -0.417. The fourth-order valence-electron chi connectivity index (χ4n) is 5.45. The standard InChI is InChI=1S/C34H42N4O3/c1-37(29-16-17-29)25-27-13-11-26(12-14-27)15-18-33(39)35-21-24-38-22-19-30(20-23-38)41-34(40)36-32-10-6-5-9-31(32)28-7-3-2-4-8-28/h2-14,29-30H,15-25H2,1H3,(H,35,39)(H,36,40). The Balaban J connectivity index is 0.956. The molecule has 7 nitrogen and oxygen atoms in total. The lowest BCUT2D eigenvalue weighted by Crippen LogP contribution is -2.42. The third kappa shape index (κ3) is 8.90. The van der Waals surface area contributed by atoms with Crippen molar-refractivity contribution in [3.05, 3.63) is 90.0 Å². The van der Waals surface area contributed by atoms with Gasteiger partial charge in [-0.1, -0.05) is 72.8 Å². The van der Waals surface area contributed by atoms with Gasteiger partial charge in [0.2, 0.25) is 5.91 Å². The zero-order chi connectivity index (χ0) is 28.4. The average molecular weight is 555 g/mol. The average Bonchev–Trinajstić information content (AvgIpc) is 3.85. The van der Waals surface area contributed by atoms with Crippen LogP contribution in [0.4, 0.5) is 10.5 Å². The molecule has 0 spiro atoms. The molecule has 2 N–H and O–H groups in total. The summed E-state index contributed by atoms with van der Waals surface area (Å²) in [7, 11) is 2.19. The van der Waals surface area contributed by atoms with Crippen molar-refractivity contribution in [2.24, 2.45) is 0 Å². The van der Waals surface area contributed by atoms with Crippen LogP contribution in [0, 0.1) is 0 Å². The van der Waals surface area contributed by atoms with Gasteiger partial charge in [-0.25, -0.2) is 4.79 Å². The molecule has 1 heterocycles. The zero-order valence-electron chi connectivity index (χ0n) is 24.1. The summed E-state index contributed by atoms with van der Waals surface area (Å²) in [4.78, 5) is 29.8. The van der Waals surface area contributed by atoms with Gasteiger partial charge in [-0.15, -0.1) is 0 Å². The minimum Gasteiger partial charge on any atom is -0.446 e. The van der Waals surface area contributed by atoms with Gasteiger partial charge in [-0.05, 0) is 61.9 Å². The molecule has 2 amide bonds. The van der Waals surface area contributed by atoms with Crippen molar-refractivity contribution < 1.29 is 14.3 Å². The summed E-state index contributed by atoms with van der Waals surface area (Å²) in [5, 5.41) is 5.99. The summed E-state index contributed by atoms with van der Waals surface area (Å²) >= 11 is 0. The molecule has 2 fully saturated rings. The number of nitrogens with zero attached hydrogens (tertiary/aromatic N) is 2. The maximum absolute atomic E-state index is 12.6. The first-order valence-corrected chi connectivity index (χ1v) is 14.9. The van der Waals surface area contributed by atoms with Crippen molar-refractivity contribution in [1.82, 2.24) is 15.1 Å². The van der Waals surface area contributed by atoms with Gasteiger partial charge in [0.25, 0.3) is 0 Å². The van der Waals surface area contributed by atoms with E-state index in [4.69, 9.17) is 4.74 Å². The topological polar surface area (TPSA) is 73.9 Å². The Morgan fingerprint density at radius 2 is 1.56 bits per heavy atom. The van der Waals surface area contributed by atoms with Crippen LogP contribution < -0.4 is 10.6 Å². The molecule has 7 heteroatoms. The SMILES string of the molecule is CN(Cc1ccc(CCC(=O)NCCN2CCC(OC(=O)Nc3ccccc3-c3ccccc3)CC2)cc1)C1CC1. The number of benzene rings is 3. The summed E-state index contributed by atoms with van der Waals surface area (Å²) in [6.07, 6.45) is 4.94.